The van der Waals surface area contributed by atoms with Gasteiger partial charge >= 0.3 is 0 Å². The van der Waals surface area contributed by atoms with Gasteiger partial charge in [-0.1, -0.05) is 12.1 Å². The Bertz CT molecular complexity index is 734. The molecule has 0 amide bonds. The van der Waals surface area contributed by atoms with Gasteiger partial charge in [0.25, 0.3) is 0 Å². The molecule has 122 valence electrons. The molecule has 0 radical (unpaired) electrons. The second-order valence-electron chi connectivity index (χ2n) is 6.56. The second-order valence-corrected chi connectivity index (χ2v) is 6.56. The van der Waals surface area contributed by atoms with E-state index in [1.165, 1.54) is 29.7 Å². The van der Waals surface area contributed by atoms with E-state index in [2.05, 4.69) is 36.0 Å². The molecule has 0 saturated heterocycles. The molecule has 2 aromatic rings. The first-order chi connectivity index (χ1) is 11.1. The van der Waals surface area contributed by atoms with E-state index in [9.17, 15) is 0 Å². The van der Waals surface area contributed by atoms with E-state index in [1.54, 1.807) is 0 Å². The number of para-hydroxylation sites is 1. The van der Waals surface area contributed by atoms with E-state index in [-0.39, 0.29) is 0 Å². The first-order valence-electron chi connectivity index (χ1n) is 8.24. The lowest BCUT2D eigenvalue weighted by Crippen LogP contribution is -2.25. The molecule has 0 bridgehead atoms. The summed E-state index contributed by atoms with van der Waals surface area (Å²) in [6.07, 6.45) is 2.56. The van der Waals surface area contributed by atoms with E-state index in [0.29, 0.717) is 12.8 Å². The summed E-state index contributed by atoms with van der Waals surface area (Å²) in [5.41, 5.74) is 4.95. The Morgan fingerprint density at radius 2 is 2.04 bits per heavy atom. The van der Waals surface area contributed by atoms with Gasteiger partial charge in [0.2, 0.25) is 6.79 Å². The standard InChI is InChI=1S/C18H23N3O2/c1-12-16(13(2)20(3)19-12)10-21(15-7-8-15)9-14-5-4-6-17-18(14)23-11-22-17/h4-6,15H,7-11H2,1-3H3. The van der Waals surface area contributed by atoms with Gasteiger partial charge in [-0.25, -0.2) is 0 Å². The van der Waals surface area contributed by atoms with E-state index in [0.717, 1.165) is 30.3 Å². The van der Waals surface area contributed by atoms with Gasteiger partial charge < -0.3 is 9.47 Å². The molecule has 1 saturated carbocycles. The normalized spacial score (nSPS) is 16.3. The molecule has 0 unspecified atom stereocenters. The lowest BCUT2D eigenvalue weighted by atomic mass is 10.1. The molecule has 2 aliphatic rings. The molecule has 0 atom stereocenters. The van der Waals surface area contributed by atoms with E-state index >= 15 is 0 Å². The molecule has 0 N–H and O–H groups in total. The SMILES string of the molecule is Cc1nn(C)c(C)c1CN(Cc1cccc2c1OCO2)C1CC1. The zero-order valence-electron chi connectivity index (χ0n) is 14.0. The lowest BCUT2D eigenvalue weighted by molar-refractivity contribution is 0.171. The van der Waals surface area contributed by atoms with Crippen LogP contribution in [0.5, 0.6) is 11.5 Å². The molecule has 1 fully saturated rings. The van der Waals surface area contributed by atoms with E-state index in [1.807, 2.05) is 17.8 Å². The maximum absolute atomic E-state index is 5.67. The summed E-state index contributed by atoms with van der Waals surface area (Å²) in [5, 5.41) is 4.55. The van der Waals surface area contributed by atoms with Crippen LogP contribution in [-0.4, -0.2) is 27.5 Å². The number of nitrogens with zero attached hydrogens (tertiary/aromatic N) is 3. The topological polar surface area (TPSA) is 39.5 Å². The summed E-state index contributed by atoms with van der Waals surface area (Å²) in [5.74, 6) is 1.78. The monoisotopic (exact) mass is 313 g/mol. The molecule has 2 heterocycles. The Morgan fingerprint density at radius 3 is 2.74 bits per heavy atom. The van der Waals surface area contributed by atoms with E-state index in [4.69, 9.17) is 9.47 Å². The van der Waals surface area contributed by atoms with E-state index < -0.39 is 0 Å². The maximum Gasteiger partial charge on any atom is 0.231 e. The summed E-state index contributed by atoms with van der Waals surface area (Å²) in [6.45, 7) is 6.42. The molecule has 5 heteroatoms. The molecule has 0 spiro atoms. The minimum Gasteiger partial charge on any atom is -0.454 e. The third-order valence-electron chi connectivity index (χ3n) is 4.93. The smallest absolute Gasteiger partial charge is 0.231 e. The number of hydrogen-bond donors (Lipinski definition) is 0. The number of benzene rings is 1. The van der Waals surface area contributed by atoms with Gasteiger partial charge in [0.15, 0.2) is 11.5 Å². The number of rotatable bonds is 5. The van der Waals surface area contributed by atoms with Crippen LogP contribution in [0.15, 0.2) is 18.2 Å². The van der Waals surface area contributed by atoms with Crippen molar-refractivity contribution in [3.8, 4) is 11.5 Å². The summed E-state index contributed by atoms with van der Waals surface area (Å²) in [6, 6.07) is 6.84. The van der Waals surface area contributed by atoms with Crippen LogP contribution >= 0.6 is 0 Å². The first-order valence-corrected chi connectivity index (χ1v) is 8.24. The van der Waals surface area contributed by atoms with Crippen LogP contribution in [0.3, 0.4) is 0 Å². The van der Waals surface area contributed by atoms with Crippen LogP contribution in [0.4, 0.5) is 0 Å². The Kier molecular flexibility index (Phi) is 3.53. The van der Waals surface area contributed by atoms with Crippen molar-refractivity contribution < 1.29 is 9.47 Å². The second kappa shape index (κ2) is 5.57. The van der Waals surface area contributed by atoms with Gasteiger partial charge in [0.1, 0.15) is 0 Å². The van der Waals surface area contributed by atoms with Gasteiger partial charge in [0.05, 0.1) is 5.69 Å². The van der Waals surface area contributed by atoms with Crippen LogP contribution in [0.2, 0.25) is 0 Å². The number of ether oxygens (including phenoxy) is 2. The largest absolute Gasteiger partial charge is 0.454 e. The average Bonchev–Trinajstić information content (AvgIpc) is 3.21. The zero-order valence-corrected chi connectivity index (χ0v) is 14.0. The molecule has 23 heavy (non-hydrogen) atoms. The predicted molar refractivity (Wildman–Crippen MR) is 87.5 cm³/mol. The van der Waals surface area contributed by atoms with Crippen molar-refractivity contribution in [2.45, 2.75) is 45.8 Å². The third-order valence-corrected chi connectivity index (χ3v) is 4.93. The molecule has 5 nitrogen and oxygen atoms in total. The van der Waals surface area contributed by atoms with Gasteiger partial charge in [-0.2, -0.15) is 5.10 Å². The number of aromatic nitrogens is 2. The fourth-order valence-corrected chi connectivity index (χ4v) is 3.34. The van der Waals surface area contributed by atoms with Crippen molar-refractivity contribution in [3.63, 3.8) is 0 Å². The highest BCUT2D eigenvalue weighted by Gasteiger charge is 2.31. The van der Waals surface area contributed by atoms with Gasteiger partial charge in [0, 0.05) is 43.0 Å². The summed E-state index contributed by atoms with van der Waals surface area (Å²) in [4.78, 5) is 2.55. The lowest BCUT2D eigenvalue weighted by Gasteiger charge is -2.23. The quantitative estimate of drug-likeness (QED) is 0.851. The Morgan fingerprint density at radius 1 is 1.22 bits per heavy atom. The van der Waals surface area contributed by atoms with Crippen molar-refractivity contribution in [2.75, 3.05) is 6.79 Å². The minimum absolute atomic E-state index is 0.330. The minimum atomic E-state index is 0.330. The number of hydrogen-bond acceptors (Lipinski definition) is 4. The van der Waals surface area contributed by atoms with Gasteiger partial charge in [-0.15, -0.1) is 0 Å². The highest BCUT2D eigenvalue weighted by atomic mass is 16.7. The van der Waals surface area contributed by atoms with Crippen LogP contribution in [0.1, 0.15) is 35.4 Å². The van der Waals surface area contributed by atoms with Crippen molar-refractivity contribution in [1.82, 2.24) is 14.7 Å². The van der Waals surface area contributed by atoms with Crippen molar-refractivity contribution in [2.24, 2.45) is 7.05 Å². The van der Waals surface area contributed by atoms with Crippen LogP contribution in [0.25, 0.3) is 0 Å². The fraction of sp³-hybridized carbons (Fsp3) is 0.500. The Balaban J connectivity index is 1.59. The van der Waals surface area contributed by atoms with Crippen LogP contribution in [0, 0.1) is 13.8 Å². The highest BCUT2D eigenvalue weighted by molar-refractivity contribution is 5.48. The van der Waals surface area contributed by atoms with Crippen molar-refractivity contribution in [3.05, 3.63) is 40.7 Å². The van der Waals surface area contributed by atoms with Gasteiger partial charge in [-0.3, -0.25) is 9.58 Å². The molecule has 4 rings (SSSR count). The number of aryl methyl sites for hydroxylation is 2. The third kappa shape index (κ3) is 2.70. The first kappa shape index (κ1) is 14.6. The average molecular weight is 313 g/mol. The summed E-state index contributed by atoms with van der Waals surface area (Å²) >= 11 is 0. The Hall–Kier alpha value is -2.01. The fourth-order valence-electron chi connectivity index (χ4n) is 3.34. The molecule has 1 aliphatic heterocycles. The molecule has 1 aromatic heterocycles. The molecular weight excluding hydrogens is 290 g/mol. The number of fused-ring (bicyclic) bond motifs is 1. The molecular formula is C18H23N3O2. The maximum atomic E-state index is 5.67. The van der Waals surface area contributed by atoms with Gasteiger partial charge in [-0.05, 0) is 32.8 Å². The zero-order chi connectivity index (χ0) is 16.0. The van der Waals surface area contributed by atoms with Crippen LogP contribution < -0.4 is 9.47 Å². The Labute approximate surface area is 136 Å². The summed E-state index contributed by atoms with van der Waals surface area (Å²) < 4.78 is 13.1. The van der Waals surface area contributed by atoms with Crippen molar-refractivity contribution in [1.29, 1.82) is 0 Å². The summed E-state index contributed by atoms with van der Waals surface area (Å²) in [7, 11) is 2.02. The molecule has 1 aromatic carbocycles. The highest BCUT2D eigenvalue weighted by Crippen LogP contribution is 2.38. The van der Waals surface area contributed by atoms with Crippen LogP contribution in [-0.2, 0) is 20.1 Å². The predicted octanol–water partition coefficient (Wildman–Crippen LogP) is 2.93. The van der Waals surface area contributed by atoms with Crippen molar-refractivity contribution >= 4 is 0 Å². The molecule has 1 aliphatic carbocycles.